The normalized spacial score (nSPS) is 10.2. The van der Waals surface area contributed by atoms with E-state index in [0.29, 0.717) is 17.3 Å². The Morgan fingerprint density at radius 2 is 2.23 bits per heavy atom. The molecular weight excluding hydrogens is 190 g/mol. The van der Waals surface area contributed by atoms with Crippen LogP contribution in [-0.4, -0.2) is 12.3 Å². The van der Waals surface area contributed by atoms with Gasteiger partial charge in [-0.25, -0.2) is 5.48 Å². The van der Waals surface area contributed by atoms with Crippen molar-refractivity contribution in [3.8, 4) is 5.75 Å². The van der Waals surface area contributed by atoms with Crippen LogP contribution in [0.5, 0.6) is 5.75 Å². The van der Waals surface area contributed by atoms with Crippen molar-refractivity contribution >= 4 is 11.6 Å². The number of methoxy groups -OCH3 is 1. The Balaban J connectivity index is 3.13. The van der Waals surface area contributed by atoms with Crippen molar-refractivity contribution in [3.05, 3.63) is 28.3 Å². The fraction of sp³-hybridized carbons (Fsp3) is 0.333. The quantitative estimate of drug-likeness (QED) is 0.737. The van der Waals surface area contributed by atoms with E-state index < -0.39 is 0 Å². The minimum atomic E-state index is 0.321. The van der Waals surface area contributed by atoms with E-state index in [2.05, 4.69) is 5.48 Å². The molecule has 1 rings (SSSR count). The van der Waals surface area contributed by atoms with Gasteiger partial charge in [0.05, 0.1) is 12.1 Å². The molecule has 0 aromatic heterocycles. The maximum absolute atomic E-state index is 8.58. The fourth-order valence-electron chi connectivity index (χ4n) is 1.15. The van der Waals surface area contributed by atoms with E-state index in [1.165, 1.54) is 0 Å². The summed E-state index contributed by atoms with van der Waals surface area (Å²) >= 11 is 6.02. The molecule has 72 valence electrons. The average Bonchev–Trinajstić information content (AvgIpc) is 2.12. The fourth-order valence-corrected chi connectivity index (χ4v) is 1.51. The minimum absolute atomic E-state index is 0.321. The third kappa shape index (κ3) is 2.12. The van der Waals surface area contributed by atoms with Crippen LogP contribution < -0.4 is 10.2 Å². The first-order valence-electron chi connectivity index (χ1n) is 3.89. The summed E-state index contributed by atoms with van der Waals surface area (Å²) in [6.07, 6.45) is 0. The van der Waals surface area contributed by atoms with Crippen molar-refractivity contribution < 1.29 is 9.94 Å². The minimum Gasteiger partial charge on any atom is -0.495 e. The van der Waals surface area contributed by atoms with Crippen molar-refractivity contribution in [2.24, 2.45) is 0 Å². The molecule has 0 aliphatic rings. The number of hydrogen-bond acceptors (Lipinski definition) is 3. The van der Waals surface area contributed by atoms with Crippen LogP contribution in [0.2, 0.25) is 5.02 Å². The van der Waals surface area contributed by atoms with E-state index in [0.717, 1.165) is 11.1 Å². The second-order valence-corrected chi connectivity index (χ2v) is 3.09. The SMILES string of the molecule is COc1ccc(C)c(CNO)c1Cl. The van der Waals surface area contributed by atoms with Crippen molar-refractivity contribution in [2.75, 3.05) is 7.11 Å². The Morgan fingerprint density at radius 1 is 1.54 bits per heavy atom. The van der Waals surface area contributed by atoms with Crippen LogP contribution in [0, 0.1) is 6.92 Å². The highest BCUT2D eigenvalue weighted by Gasteiger charge is 2.08. The van der Waals surface area contributed by atoms with Crippen LogP contribution >= 0.6 is 11.6 Å². The third-order valence-electron chi connectivity index (χ3n) is 1.92. The van der Waals surface area contributed by atoms with Crippen LogP contribution in [0.1, 0.15) is 11.1 Å². The van der Waals surface area contributed by atoms with E-state index in [4.69, 9.17) is 21.5 Å². The lowest BCUT2D eigenvalue weighted by atomic mass is 10.1. The zero-order valence-electron chi connectivity index (χ0n) is 7.60. The summed E-state index contributed by atoms with van der Waals surface area (Å²) in [6.45, 7) is 2.25. The molecule has 0 heterocycles. The Labute approximate surface area is 82.2 Å². The van der Waals surface area contributed by atoms with Gasteiger partial charge in [0.25, 0.3) is 0 Å². The van der Waals surface area contributed by atoms with Gasteiger partial charge in [0.15, 0.2) is 0 Å². The number of nitrogens with one attached hydrogen (secondary N) is 1. The van der Waals surface area contributed by atoms with Gasteiger partial charge in [-0.1, -0.05) is 17.7 Å². The second kappa shape index (κ2) is 4.46. The molecule has 0 aliphatic carbocycles. The Morgan fingerprint density at radius 3 is 2.77 bits per heavy atom. The van der Waals surface area contributed by atoms with Crippen molar-refractivity contribution in [3.63, 3.8) is 0 Å². The van der Waals surface area contributed by atoms with E-state index >= 15 is 0 Å². The molecule has 0 fully saturated rings. The lowest BCUT2D eigenvalue weighted by Gasteiger charge is -2.10. The summed E-state index contributed by atoms with van der Waals surface area (Å²) < 4.78 is 5.05. The average molecular weight is 202 g/mol. The molecule has 3 nitrogen and oxygen atoms in total. The molecule has 0 radical (unpaired) electrons. The molecule has 0 bridgehead atoms. The Kier molecular flexibility index (Phi) is 3.54. The van der Waals surface area contributed by atoms with E-state index in [1.807, 2.05) is 13.0 Å². The molecule has 1 aromatic carbocycles. The van der Waals surface area contributed by atoms with Gasteiger partial charge in [0.1, 0.15) is 5.75 Å². The number of halogens is 1. The molecule has 0 amide bonds. The van der Waals surface area contributed by atoms with Crippen molar-refractivity contribution in [2.45, 2.75) is 13.5 Å². The van der Waals surface area contributed by atoms with Gasteiger partial charge >= 0.3 is 0 Å². The monoisotopic (exact) mass is 201 g/mol. The predicted octanol–water partition coefficient (Wildman–Crippen LogP) is 2.14. The zero-order valence-corrected chi connectivity index (χ0v) is 8.35. The molecule has 0 atom stereocenters. The van der Waals surface area contributed by atoms with Crippen LogP contribution in [0.25, 0.3) is 0 Å². The standard InChI is InChI=1S/C9H12ClNO2/c1-6-3-4-8(13-2)9(10)7(6)5-11-12/h3-4,11-12H,5H2,1-2H3. The Hall–Kier alpha value is -0.770. The molecule has 2 N–H and O–H groups in total. The van der Waals surface area contributed by atoms with Crippen LogP contribution in [0.3, 0.4) is 0 Å². The van der Waals surface area contributed by atoms with Crippen molar-refractivity contribution in [1.82, 2.24) is 5.48 Å². The summed E-state index contributed by atoms with van der Waals surface area (Å²) in [4.78, 5) is 0. The molecular formula is C9H12ClNO2. The number of hydroxylamine groups is 1. The third-order valence-corrected chi connectivity index (χ3v) is 2.33. The zero-order chi connectivity index (χ0) is 9.84. The highest BCUT2D eigenvalue weighted by atomic mass is 35.5. The highest BCUT2D eigenvalue weighted by molar-refractivity contribution is 6.32. The van der Waals surface area contributed by atoms with Gasteiger partial charge in [-0.05, 0) is 24.1 Å². The number of hydrogen-bond donors (Lipinski definition) is 2. The van der Waals surface area contributed by atoms with Gasteiger partial charge in [-0.2, -0.15) is 0 Å². The molecule has 0 saturated heterocycles. The molecule has 0 aliphatic heterocycles. The number of rotatable bonds is 3. The number of aryl methyl sites for hydroxylation is 1. The van der Waals surface area contributed by atoms with E-state index in [9.17, 15) is 0 Å². The Bertz CT molecular complexity index is 302. The summed E-state index contributed by atoms with van der Waals surface area (Å²) in [6, 6.07) is 3.70. The predicted molar refractivity (Wildman–Crippen MR) is 51.4 cm³/mol. The van der Waals surface area contributed by atoms with Gasteiger partial charge in [-0.15, -0.1) is 0 Å². The highest BCUT2D eigenvalue weighted by Crippen LogP contribution is 2.30. The van der Waals surface area contributed by atoms with Crippen LogP contribution in [-0.2, 0) is 6.54 Å². The first kappa shape index (κ1) is 10.3. The summed E-state index contributed by atoms with van der Waals surface area (Å²) in [5.74, 6) is 0.623. The van der Waals surface area contributed by atoms with Crippen LogP contribution in [0.4, 0.5) is 0 Å². The molecule has 1 aromatic rings. The summed E-state index contributed by atoms with van der Waals surface area (Å²) in [7, 11) is 1.56. The summed E-state index contributed by atoms with van der Waals surface area (Å²) in [5, 5.41) is 9.13. The number of benzene rings is 1. The van der Waals surface area contributed by atoms with Gasteiger partial charge in [-0.3, -0.25) is 0 Å². The first-order valence-corrected chi connectivity index (χ1v) is 4.27. The van der Waals surface area contributed by atoms with Gasteiger partial charge in [0.2, 0.25) is 0 Å². The summed E-state index contributed by atoms with van der Waals surface area (Å²) in [5.41, 5.74) is 3.95. The van der Waals surface area contributed by atoms with Gasteiger partial charge in [0, 0.05) is 6.54 Å². The second-order valence-electron chi connectivity index (χ2n) is 2.71. The maximum Gasteiger partial charge on any atom is 0.137 e. The maximum atomic E-state index is 8.58. The smallest absolute Gasteiger partial charge is 0.137 e. The largest absolute Gasteiger partial charge is 0.495 e. The van der Waals surface area contributed by atoms with Crippen LogP contribution in [0.15, 0.2) is 12.1 Å². The molecule has 4 heteroatoms. The lowest BCUT2D eigenvalue weighted by Crippen LogP contribution is -2.08. The molecule has 0 unspecified atom stereocenters. The number of ether oxygens (including phenoxy) is 1. The van der Waals surface area contributed by atoms with E-state index in [1.54, 1.807) is 13.2 Å². The molecule has 0 spiro atoms. The molecule has 0 saturated carbocycles. The van der Waals surface area contributed by atoms with Gasteiger partial charge < -0.3 is 9.94 Å². The molecule has 13 heavy (non-hydrogen) atoms. The first-order chi connectivity index (χ1) is 6.20. The topological polar surface area (TPSA) is 41.5 Å². The lowest BCUT2D eigenvalue weighted by molar-refractivity contribution is 0.161. The van der Waals surface area contributed by atoms with E-state index in [-0.39, 0.29) is 0 Å². The van der Waals surface area contributed by atoms with Crippen molar-refractivity contribution in [1.29, 1.82) is 0 Å².